The van der Waals surface area contributed by atoms with Gasteiger partial charge in [-0.3, -0.25) is 4.79 Å². The molecule has 1 aliphatic rings. The number of nitrogens with one attached hydrogen (secondary N) is 1. The second-order valence-corrected chi connectivity index (χ2v) is 6.59. The van der Waals surface area contributed by atoms with Crippen LogP contribution in [-0.4, -0.2) is 22.3 Å². The van der Waals surface area contributed by atoms with Crippen molar-refractivity contribution in [3.05, 3.63) is 69.6 Å². The maximum atomic E-state index is 13.4. The van der Waals surface area contributed by atoms with Gasteiger partial charge < -0.3 is 9.88 Å². The molecule has 0 fully saturated rings. The molecule has 0 aliphatic carbocycles. The van der Waals surface area contributed by atoms with Crippen molar-refractivity contribution in [3.8, 4) is 0 Å². The van der Waals surface area contributed by atoms with E-state index < -0.39 is 0 Å². The van der Waals surface area contributed by atoms with Gasteiger partial charge in [0.05, 0.1) is 5.52 Å². The summed E-state index contributed by atoms with van der Waals surface area (Å²) in [6.07, 6.45) is 0.775. The van der Waals surface area contributed by atoms with Crippen LogP contribution < -0.4 is 0 Å². The van der Waals surface area contributed by atoms with Gasteiger partial charge in [-0.05, 0) is 40.2 Å². The Morgan fingerprint density at radius 2 is 2.04 bits per heavy atom. The van der Waals surface area contributed by atoms with Crippen molar-refractivity contribution in [1.82, 2.24) is 9.88 Å². The molecule has 3 aromatic rings. The molecule has 5 heteroatoms. The van der Waals surface area contributed by atoms with E-state index in [1.54, 1.807) is 17.0 Å². The third-order valence-electron chi connectivity index (χ3n) is 4.32. The Kier molecular flexibility index (Phi) is 3.45. The average Bonchev–Trinajstić information content (AvgIpc) is 2.93. The number of H-pyrrole nitrogens is 1. The fourth-order valence-electron chi connectivity index (χ4n) is 3.18. The highest BCUT2D eigenvalue weighted by Crippen LogP contribution is 2.32. The zero-order valence-corrected chi connectivity index (χ0v) is 13.9. The van der Waals surface area contributed by atoms with Crippen LogP contribution in [0.3, 0.4) is 0 Å². The number of fused-ring (bicyclic) bond motifs is 3. The van der Waals surface area contributed by atoms with E-state index in [1.165, 1.54) is 17.8 Å². The van der Waals surface area contributed by atoms with Gasteiger partial charge in [-0.2, -0.15) is 0 Å². The molecule has 1 amide bonds. The molecule has 2 heterocycles. The van der Waals surface area contributed by atoms with Gasteiger partial charge in [0.15, 0.2) is 0 Å². The Morgan fingerprint density at radius 1 is 1.22 bits per heavy atom. The minimum Gasteiger partial charge on any atom is -0.357 e. The topological polar surface area (TPSA) is 36.1 Å². The number of hydrogen-bond donors (Lipinski definition) is 1. The van der Waals surface area contributed by atoms with E-state index in [2.05, 4.69) is 27.0 Å². The van der Waals surface area contributed by atoms with Crippen molar-refractivity contribution in [3.63, 3.8) is 0 Å². The molecule has 3 nitrogen and oxygen atoms in total. The first-order valence-electron chi connectivity index (χ1n) is 7.46. The standard InChI is InChI=1S/C18H14BrFN2O/c19-15-6-2-5-13-14-10-22(8-7-16(14)21-17(13)15)18(23)11-3-1-4-12(20)9-11/h1-6,9,21H,7-8,10H2. The normalized spacial score (nSPS) is 14.1. The Bertz CT molecular complexity index is 919. The molecule has 1 aromatic heterocycles. The summed E-state index contributed by atoms with van der Waals surface area (Å²) in [5, 5.41) is 1.13. The average molecular weight is 373 g/mol. The van der Waals surface area contributed by atoms with Crippen molar-refractivity contribution >= 4 is 32.7 Å². The molecule has 1 aliphatic heterocycles. The fourth-order valence-corrected chi connectivity index (χ4v) is 3.64. The number of aromatic amines is 1. The molecule has 0 spiro atoms. The van der Waals surface area contributed by atoms with Crippen molar-refractivity contribution in [2.45, 2.75) is 13.0 Å². The summed E-state index contributed by atoms with van der Waals surface area (Å²) in [7, 11) is 0. The third-order valence-corrected chi connectivity index (χ3v) is 4.98. The summed E-state index contributed by atoms with van der Waals surface area (Å²) in [5.74, 6) is -0.510. The highest BCUT2D eigenvalue weighted by Gasteiger charge is 2.25. The van der Waals surface area contributed by atoms with Crippen LogP contribution >= 0.6 is 15.9 Å². The van der Waals surface area contributed by atoms with Gasteiger partial charge in [0.25, 0.3) is 5.91 Å². The van der Waals surface area contributed by atoms with Gasteiger partial charge in [0.2, 0.25) is 0 Å². The smallest absolute Gasteiger partial charge is 0.254 e. The third kappa shape index (κ3) is 2.45. The number of benzene rings is 2. The molecule has 0 radical (unpaired) electrons. The number of nitrogens with zero attached hydrogens (tertiary/aromatic N) is 1. The van der Waals surface area contributed by atoms with Gasteiger partial charge >= 0.3 is 0 Å². The van der Waals surface area contributed by atoms with Crippen LogP contribution in [0, 0.1) is 5.82 Å². The van der Waals surface area contributed by atoms with Gasteiger partial charge in [-0.1, -0.05) is 18.2 Å². The number of amides is 1. The molecular formula is C18H14BrFN2O. The van der Waals surface area contributed by atoms with Crippen LogP contribution in [0.4, 0.5) is 4.39 Å². The maximum absolute atomic E-state index is 13.4. The molecule has 0 unspecified atom stereocenters. The molecular weight excluding hydrogens is 359 g/mol. The van der Waals surface area contributed by atoms with E-state index in [4.69, 9.17) is 0 Å². The van der Waals surface area contributed by atoms with Crippen LogP contribution in [-0.2, 0) is 13.0 Å². The monoisotopic (exact) mass is 372 g/mol. The second kappa shape index (κ2) is 5.49. The Hall–Kier alpha value is -2.14. The lowest BCUT2D eigenvalue weighted by molar-refractivity contribution is 0.0734. The van der Waals surface area contributed by atoms with E-state index in [9.17, 15) is 9.18 Å². The van der Waals surface area contributed by atoms with Crippen molar-refractivity contribution in [1.29, 1.82) is 0 Å². The van der Waals surface area contributed by atoms with Crippen LogP contribution in [0.25, 0.3) is 10.9 Å². The Morgan fingerprint density at radius 3 is 2.87 bits per heavy atom. The summed E-state index contributed by atoms with van der Waals surface area (Å²) in [6, 6.07) is 11.9. The number of carbonyl (C=O) groups excluding carboxylic acids is 1. The van der Waals surface area contributed by atoms with E-state index in [0.717, 1.165) is 27.4 Å². The molecule has 23 heavy (non-hydrogen) atoms. The summed E-state index contributed by atoms with van der Waals surface area (Å²) in [5.41, 5.74) is 3.79. The Labute approximate surface area is 141 Å². The largest absolute Gasteiger partial charge is 0.357 e. The number of aromatic nitrogens is 1. The maximum Gasteiger partial charge on any atom is 0.254 e. The zero-order valence-electron chi connectivity index (χ0n) is 12.3. The predicted molar refractivity (Wildman–Crippen MR) is 90.8 cm³/mol. The van der Waals surface area contributed by atoms with E-state index >= 15 is 0 Å². The summed E-state index contributed by atoms with van der Waals surface area (Å²) in [6.45, 7) is 1.17. The number of para-hydroxylation sites is 1. The highest BCUT2D eigenvalue weighted by atomic mass is 79.9. The van der Waals surface area contributed by atoms with Gasteiger partial charge in [0, 0.05) is 46.2 Å². The number of carbonyl (C=O) groups is 1. The molecule has 2 aromatic carbocycles. The van der Waals surface area contributed by atoms with Crippen LogP contribution in [0.2, 0.25) is 0 Å². The van der Waals surface area contributed by atoms with Crippen LogP contribution in [0.15, 0.2) is 46.9 Å². The minimum atomic E-state index is -0.385. The number of rotatable bonds is 1. The van der Waals surface area contributed by atoms with Crippen LogP contribution in [0.1, 0.15) is 21.6 Å². The SMILES string of the molecule is O=C(c1cccc(F)c1)N1CCc2[nH]c3c(Br)cccc3c2C1. The molecule has 1 N–H and O–H groups in total. The molecule has 0 bridgehead atoms. The molecule has 4 rings (SSSR count). The zero-order chi connectivity index (χ0) is 16.0. The number of hydrogen-bond acceptors (Lipinski definition) is 1. The van der Waals surface area contributed by atoms with Gasteiger partial charge in [0.1, 0.15) is 5.82 Å². The van der Waals surface area contributed by atoms with Crippen molar-refractivity contribution < 1.29 is 9.18 Å². The first-order valence-corrected chi connectivity index (χ1v) is 8.25. The Balaban J connectivity index is 1.70. The lowest BCUT2D eigenvalue weighted by atomic mass is 10.0. The minimum absolute atomic E-state index is 0.125. The lowest BCUT2D eigenvalue weighted by Crippen LogP contribution is -2.35. The van der Waals surface area contributed by atoms with E-state index in [-0.39, 0.29) is 11.7 Å². The number of halogens is 2. The van der Waals surface area contributed by atoms with Crippen molar-refractivity contribution in [2.24, 2.45) is 0 Å². The van der Waals surface area contributed by atoms with Crippen LogP contribution in [0.5, 0.6) is 0 Å². The van der Waals surface area contributed by atoms with Gasteiger partial charge in [-0.15, -0.1) is 0 Å². The first-order chi connectivity index (χ1) is 11.1. The molecule has 0 saturated carbocycles. The van der Waals surface area contributed by atoms with Gasteiger partial charge in [-0.25, -0.2) is 4.39 Å². The quantitative estimate of drug-likeness (QED) is 0.680. The molecule has 116 valence electrons. The summed E-state index contributed by atoms with van der Waals surface area (Å²) in [4.78, 5) is 17.9. The predicted octanol–water partition coefficient (Wildman–Crippen LogP) is 4.27. The lowest BCUT2D eigenvalue weighted by Gasteiger charge is -2.27. The fraction of sp³-hybridized carbons (Fsp3) is 0.167. The highest BCUT2D eigenvalue weighted by molar-refractivity contribution is 9.10. The molecule has 0 atom stereocenters. The first kappa shape index (κ1) is 14.5. The summed E-state index contributed by atoms with van der Waals surface area (Å²) < 4.78 is 14.4. The van der Waals surface area contributed by atoms with E-state index in [0.29, 0.717) is 18.7 Å². The van der Waals surface area contributed by atoms with E-state index in [1.807, 2.05) is 12.1 Å². The second-order valence-electron chi connectivity index (χ2n) is 5.73. The summed E-state index contributed by atoms with van der Waals surface area (Å²) >= 11 is 3.56. The van der Waals surface area contributed by atoms with Crippen molar-refractivity contribution in [2.75, 3.05) is 6.54 Å². The molecule has 0 saturated heterocycles.